The number of hydrogen-bond donors (Lipinski definition) is 2. The molecule has 4 aromatic rings. The van der Waals surface area contributed by atoms with Crippen LogP contribution in [0.25, 0.3) is 10.9 Å². The lowest BCUT2D eigenvalue weighted by atomic mass is 9.93. The number of benzene rings is 3. The number of fused-ring (bicyclic) bond motifs is 2. The van der Waals surface area contributed by atoms with Gasteiger partial charge in [-0.05, 0) is 86.7 Å². The minimum Gasteiger partial charge on any atom is -0.493 e. The van der Waals surface area contributed by atoms with Crippen molar-refractivity contribution >= 4 is 46.1 Å². The van der Waals surface area contributed by atoms with Crippen LogP contribution in [-0.2, 0) is 27.9 Å². The van der Waals surface area contributed by atoms with Crippen molar-refractivity contribution in [1.82, 2.24) is 29.8 Å². The summed E-state index contributed by atoms with van der Waals surface area (Å²) in [5, 5.41) is 20.6. The first kappa shape index (κ1) is 46.9. The summed E-state index contributed by atoms with van der Waals surface area (Å²) in [5.74, 6) is -0.773. The highest BCUT2D eigenvalue weighted by Gasteiger charge is 2.42. The Bertz CT molecular complexity index is 2420. The molecule has 0 spiro atoms. The smallest absolute Gasteiger partial charge is 0.262 e. The number of unbranched alkanes of at least 4 members (excludes halogenated alkanes) is 8. The summed E-state index contributed by atoms with van der Waals surface area (Å²) in [6.45, 7) is 7.31. The lowest BCUT2D eigenvalue weighted by molar-refractivity contribution is -0.134. The predicted octanol–water partition coefficient (Wildman–Crippen LogP) is 7.06. The molecule has 2 saturated heterocycles. The number of nitriles is 1. The molecule has 0 radical (unpaired) electrons. The second kappa shape index (κ2) is 22.2. The maximum Gasteiger partial charge on any atom is 0.262 e. The van der Waals surface area contributed by atoms with Crippen LogP contribution in [0.1, 0.15) is 133 Å². The first-order valence-electron chi connectivity index (χ1n) is 23.3. The van der Waals surface area contributed by atoms with E-state index >= 15 is 0 Å². The van der Waals surface area contributed by atoms with Crippen LogP contribution in [0, 0.1) is 11.3 Å². The number of carbonyl (C=O) groups excluding carboxylic acids is 5. The Morgan fingerprint density at radius 2 is 1.62 bits per heavy atom. The van der Waals surface area contributed by atoms with E-state index in [9.17, 15) is 29.2 Å². The van der Waals surface area contributed by atoms with E-state index in [1.165, 1.54) is 43.4 Å². The van der Waals surface area contributed by atoms with Gasteiger partial charge in [0.05, 0.1) is 67.0 Å². The minimum atomic E-state index is -0.746. The third-order valence-corrected chi connectivity index (χ3v) is 13.0. The van der Waals surface area contributed by atoms with Crippen LogP contribution < -0.4 is 20.1 Å². The van der Waals surface area contributed by atoms with Gasteiger partial charge in [-0.2, -0.15) is 10.4 Å². The Morgan fingerprint density at radius 1 is 0.892 bits per heavy atom. The molecule has 15 heteroatoms. The number of methoxy groups -OCH3 is 1. The Morgan fingerprint density at radius 3 is 2.32 bits per heavy atom. The molecule has 15 nitrogen and oxygen atoms in total. The van der Waals surface area contributed by atoms with Gasteiger partial charge in [-0.25, -0.2) is 0 Å². The van der Waals surface area contributed by atoms with Gasteiger partial charge in [-0.15, -0.1) is 0 Å². The second-order valence-corrected chi connectivity index (χ2v) is 17.4. The van der Waals surface area contributed by atoms with Gasteiger partial charge in [0.2, 0.25) is 17.7 Å². The summed E-state index contributed by atoms with van der Waals surface area (Å²) in [6, 6.07) is 17.8. The normalized spacial score (nSPS) is 17.3. The van der Waals surface area contributed by atoms with Gasteiger partial charge in [-0.3, -0.25) is 43.8 Å². The minimum absolute atomic E-state index is 0.0329. The fraction of sp³-hybridized carbons (Fsp3) is 0.500. The molecule has 7 rings (SSSR count). The number of nitrogens with zero attached hydrogens (tertiary/aromatic N) is 6. The highest BCUT2D eigenvalue weighted by molar-refractivity contribution is 6.22. The highest BCUT2D eigenvalue weighted by atomic mass is 16.5. The number of hydrogen-bond acceptors (Lipinski definition) is 11. The number of imide groups is 2. The van der Waals surface area contributed by atoms with Crippen molar-refractivity contribution in [3.63, 3.8) is 0 Å². The summed E-state index contributed by atoms with van der Waals surface area (Å²) in [7, 11) is 3.37. The summed E-state index contributed by atoms with van der Waals surface area (Å²) in [4.78, 5) is 70.7. The molecule has 2 unspecified atom stereocenters. The number of anilines is 1. The lowest BCUT2D eigenvalue weighted by Crippen LogP contribution is -2.48. The summed E-state index contributed by atoms with van der Waals surface area (Å²) in [6.07, 6.45) is 11.8. The van der Waals surface area contributed by atoms with Gasteiger partial charge < -0.3 is 19.7 Å². The molecule has 2 fully saturated rings. The van der Waals surface area contributed by atoms with Crippen molar-refractivity contribution < 1.29 is 33.4 Å². The zero-order chi connectivity index (χ0) is 45.9. The number of nitrogens with one attached hydrogen (secondary N) is 2. The first-order valence-corrected chi connectivity index (χ1v) is 23.3. The van der Waals surface area contributed by atoms with E-state index in [1.54, 1.807) is 36.1 Å². The summed E-state index contributed by atoms with van der Waals surface area (Å²) < 4.78 is 12.9. The monoisotopic (exact) mass is 886 g/mol. The number of carbonyl (C=O) groups is 5. The van der Waals surface area contributed by atoms with E-state index < -0.39 is 12.0 Å². The van der Waals surface area contributed by atoms with Gasteiger partial charge in [0.15, 0.2) is 11.5 Å². The average Bonchev–Trinajstić information content (AvgIpc) is 3.76. The Kier molecular flexibility index (Phi) is 16.0. The average molecular weight is 887 g/mol. The van der Waals surface area contributed by atoms with Crippen molar-refractivity contribution in [3.05, 3.63) is 82.5 Å². The first-order chi connectivity index (χ1) is 31.6. The maximum absolute atomic E-state index is 13.9. The van der Waals surface area contributed by atoms with E-state index in [2.05, 4.69) is 31.6 Å². The van der Waals surface area contributed by atoms with Crippen LogP contribution in [0.15, 0.2) is 54.6 Å². The molecule has 4 heterocycles. The van der Waals surface area contributed by atoms with E-state index in [1.807, 2.05) is 44.3 Å². The molecular formula is C50H62N8O7. The lowest BCUT2D eigenvalue weighted by Gasteiger charge is -2.34. The largest absolute Gasteiger partial charge is 0.493 e. The fourth-order valence-electron chi connectivity index (χ4n) is 9.52. The van der Waals surface area contributed by atoms with Gasteiger partial charge in [-0.1, -0.05) is 63.1 Å². The number of rotatable bonds is 22. The van der Waals surface area contributed by atoms with Crippen LogP contribution in [0.2, 0.25) is 0 Å². The van der Waals surface area contributed by atoms with Gasteiger partial charge in [0.1, 0.15) is 0 Å². The third kappa shape index (κ3) is 11.2. The van der Waals surface area contributed by atoms with Gasteiger partial charge in [0.25, 0.3) is 11.8 Å². The molecular weight excluding hydrogens is 825 g/mol. The van der Waals surface area contributed by atoms with E-state index in [4.69, 9.17) is 9.47 Å². The molecule has 3 aliphatic heterocycles. The summed E-state index contributed by atoms with van der Waals surface area (Å²) in [5.41, 5.74) is 4.55. The molecule has 344 valence electrons. The molecule has 5 amide bonds. The van der Waals surface area contributed by atoms with Crippen LogP contribution in [0.3, 0.4) is 0 Å². The number of aryl methyl sites for hydroxylation is 2. The molecule has 2 N–H and O–H groups in total. The zero-order valence-corrected chi connectivity index (χ0v) is 38.0. The molecule has 0 bridgehead atoms. The number of amides is 5. The van der Waals surface area contributed by atoms with Crippen LogP contribution in [-0.4, -0.2) is 107 Å². The standard InChI is InChI=1S/C50H62N8O7/c1-4-65-43-31-35(18-22-42(43)64-3)40(24-25-51)58-49(62)38-17-14-16-34(46(38)50(58)63)15-12-10-8-6-5-7-9-11-13-26-56-27-29-57(30-28-56)33-45(60)52-36-19-20-37-41(32-36)55(2)54-47(37)39-21-23-44(59)53-48(39)61/h14,16-20,22,31-32,39-40H,4-13,15,21,23-24,26-30,33H2,1-3H3,(H,52,60)(H,53,59,61). The fourth-order valence-corrected chi connectivity index (χ4v) is 9.52. The zero-order valence-electron chi connectivity index (χ0n) is 38.0. The SMILES string of the molecule is CCOc1cc(C(CC#N)N2C(=O)c3cccc(CCCCCCCCCCCN4CCN(CC(=O)Nc5ccc6c(C7CCC(=O)NC7=O)nn(C)c6c5)CC4)c3C2=O)ccc1OC. The van der Waals surface area contributed by atoms with Crippen molar-refractivity contribution in [2.75, 3.05) is 58.3 Å². The number of ether oxygens (including phenoxy) is 2. The number of aromatic nitrogens is 2. The summed E-state index contributed by atoms with van der Waals surface area (Å²) >= 11 is 0. The Labute approximate surface area is 381 Å². The Hall–Kier alpha value is -6.11. The molecule has 2 atom stereocenters. The quantitative estimate of drug-likeness (QED) is 0.0610. The number of piperidine rings is 1. The van der Waals surface area contributed by atoms with Crippen LogP contribution in [0.4, 0.5) is 5.69 Å². The van der Waals surface area contributed by atoms with Crippen molar-refractivity contribution in [3.8, 4) is 17.6 Å². The van der Waals surface area contributed by atoms with Crippen molar-refractivity contribution in [2.45, 2.75) is 102 Å². The maximum atomic E-state index is 13.9. The molecule has 0 saturated carbocycles. The van der Waals surface area contributed by atoms with Gasteiger partial charge >= 0.3 is 0 Å². The molecule has 65 heavy (non-hydrogen) atoms. The Balaban J connectivity index is 0.752. The van der Waals surface area contributed by atoms with Crippen molar-refractivity contribution in [1.29, 1.82) is 5.26 Å². The van der Waals surface area contributed by atoms with Gasteiger partial charge in [0, 0.05) is 50.7 Å². The molecule has 3 aromatic carbocycles. The van der Waals surface area contributed by atoms with Crippen LogP contribution >= 0.6 is 0 Å². The van der Waals surface area contributed by atoms with Crippen LogP contribution in [0.5, 0.6) is 11.5 Å². The highest BCUT2D eigenvalue weighted by Crippen LogP contribution is 2.39. The van der Waals surface area contributed by atoms with Crippen molar-refractivity contribution in [2.24, 2.45) is 7.05 Å². The third-order valence-electron chi connectivity index (χ3n) is 13.0. The predicted molar refractivity (Wildman–Crippen MR) is 247 cm³/mol. The second-order valence-electron chi connectivity index (χ2n) is 17.4. The molecule has 0 aliphatic carbocycles. The molecule has 1 aromatic heterocycles. The number of piperazine rings is 1. The van der Waals surface area contributed by atoms with E-state index in [0.29, 0.717) is 65.6 Å². The topological polar surface area (TPSA) is 179 Å². The van der Waals surface area contributed by atoms with E-state index in [-0.39, 0.29) is 36.0 Å². The van der Waals surface area contributed by atoms with E-state index in [0.717, 1.165) is 74.9 Å². The molecule has 3 aliphatic rings.